The molecule has 1 aliphatic heterocycles. The monoisotopic (exact) mass is 340 g/mol. The maximum atomic E-state index is 14.1. The molecule has 2 atom stereocenters. The van der Waals surface area contributed by atoms with E-state index in [2.05, 4.69) is 21.2 Å². The van der Waals surface area contributed by atoms with Crippen LogP contribution in [0.15, 0.2) is 22.7 Å². The van der Waals surface area contributed by atoms with Crippen molar-refractivity contribution >= 4 is 33.4 Å². The van der Waals surface area contributed by atoms with Gasteiger partial charge in [-0.3, -0.25) is 14.5 Å². The number of hydrogen-bond donors (Lipinski definition) is 1. The van der Waals surface area contributed by atoms with Gasteiger partial charge in [0.25, 0.3) is 5.91 Å². The summed E-state index contributed by atoms with van der Waals surface area (Å²) < 4.78 is 14.6. The standard InChI is InChI=1S/C14H14BrFN2O2/c1-7-13(19)17-11(8-5-6-8)14(20)18(7)12-9(15)3-2-4-10(12)16/h2-4,7-8,11H,5-6H2,1H3,(H,17,19). The van der Waals surface area contributed by atoms with Crippen molar-refractivity contribution in [2.45, 2.75) is 31.8 Å². The van der Waals surface area contributed by atoms with Crippen molar-refractivity contribution in [1.29, 1.82) is 0 Å². The smallest absolute Gasteiger partial charge is 0.250 e. The van der Waals surface area contributed by atoms with Crippen molar-refractivity contribution in [2.75, 3.05) is 4.90 Å². The molecule has 1 aliphatic carbocycles. The fraction of sp³-hybridized carbons (Fsp3) is 0.429. The van der Waals surface area contributed by atoms with E-state index in [1.54, 1.807) is 19.1 Å². The summed E-state index contributed by atoms with van der Waals surface area (Å²) in [5.74, 6) is -0.794. The Bertz CT molecular complexity index is 568. The molecule has 106 valence electrons. The number of hydrogen-bond acceptors (Lipinski definition) is 2. The van der Waals surface area contributed by atoms with Crippen LogP contribution in [0.25, 0.3) is 0 Å². The highest BCUT2D eigenvalue weighted by molar-refractivity contribution is 9.10. The molecule has 2 aliphatic rings. The second-order valence-corrected chi connectivity index (χ2v) is 6.13. The number of piperazine rings is 1. The van der Waals surface area contributed by atoms with Gasteiger partial charge in [0.05, 0.1) is 5.69 Å². The number of para-hydroxylation sites is 1. The van der Waals surface area contributed by atoms with Gasteiger partial charge in [0.15, 0.2) is 0 Å². The summed E-state index contributed by atoms with van der Waals surface area (Å²) in [7, 11) is 0. The van der Waals surface area contributed by atoms with E-state index in [1.165, 1.54) is 11.0 Å². The summed E-state index contributed by atoms with van der Waals surface area (Å²) in [5, 5.41) is 2.75. The predicted octanol–water partition coefficient (Wildman–Crippen LogP) is 2.22. The first-order valence-electron chi connectivity index (χ1n) is 6.58. The third-order valence-electron chi connectivity index (χ3n) is 3.84. The zero-order valence-corrected chi connectivity index (χ0v) is 12.5. The number of amides is 2. The lowest BCUT2D eigenvalue weighted by Gasteiger charge is -2.38. The van der Waals surface area contributed by atoms with Gasteiger partial charge in [0.1, 0.15) is 17.9 Å². The summed E-state index contributed by atoms with van der Waals surface area (Å²) in [6, 6.07) is 3.27. The first kappa shape index (κ1) is 13.5. The van der Waals surface area contributed by atoms with E-state index >= 15 is 0 Å². The minimum absolute atomic E-state index is 0.144. The average molecular weight is 341 g/mol. The first-order valence-corrected chi connectivity index (χ1v) is 7.37. The van der Waals surface area contributed by atoms with Gasteiger partial charge >= 0.3 is 0 Å². The SMILES string of the molecule is CC1C(=O)NC(C2CC2)C(=O)N1c1c(F)cccc1Br. The Kier molecular flexibility index (Phi) is 3.28. The maximum absolute atomic E-state index is 14.1. The van der Waals surface area contributed by atoms with E-state index in [0.29, 0.717) is 4.47 Å². The van der Waals surface area contributed by atoms with Crippen LogP contribution in [0.4, 0.5) is 10.1 Å². The zero-order chi connectivity index (χ0) is 14.4. The number of carbonyl (C=O) groups is 2. The predicted molar refractivity (Wildman–Crippen MR) is 75.7 cm³/mol. The Labute approximate surface area is 124 Å². The number of rotatable bonds is 2. The largest absolute Gasteiger partial charge is 0.342 e. The third-order valence-corrected chi connectivity index (χ3v) is 4.48. The normalized spacial score (nSPS) is 26.6. The van der Waals surface area contributed by atoms with Gasteiger partial charge in [0, 0.05) is 4.47 Å². The second kappa shape index (κ2) is 4.84. The van der Waals surface area contributed by atoms with E-state index in [-0.39, 0.29) is 23.4 Å². The molecule has 2 unspecified atom stereocenters. The lowest BCUT2D eigenvalue weighted by Crippen LogP contribution is -2.63. The highest BCUT2D eigenvalue weighted by Gasteiger charge is 2.46. The molecule has 0 bridgehead atoms. The Morgan fingerprint density at radius 1 is 1.35 bits per heavy atom. The molecule has 1 saturated carbocycles. The average Bonchev–Trinajstić information content (AvgIpc) is 3.21. The molecule has 20 heavy (non-hydrogen) atoms. The van der Waals surface area contributed by atoms with Gasteiger partial charge in [-0.2, -0.15) is 0 Å². The van der Waals surface area contributed by atoms with Crippen molar-refractivity contribution in [1.82, 2.24) is 5.32 Å². The maximum Gasteiger partial charge on any atom is 0.250 e. The summed E-state index contributed by atoms with van der Waals surface area (Å²) >= 11 is 3.26. The minimum atomic E-state index is -0.717. The van der Waals surface area contributed by atoms with Crippen LogP contribution in [-0.4, -0.2) is 23.9 Å². The van der Waals surface area contributed by atoms with E-state index in [1.807, 2.05) is 0 Å². The van der Waals surface area contributed by atoms with Crippen molar-refractivity contribution in [3.8, 4) is 0 Å². The lowest BCUT2D eigenvalue weighted by molar-refractivity contribution is -0.134. The Balaban J connectivity index is 2.04. The molecular formula is C14H14BrFN2O2. The van der Waals surface area contributed by atoms with Crippen LogP contribution >= 0.6 is 15.9 Å². The number of nitrogens with one attached hydrogen (secondary N) is 1. The number of halogens is 2. The second-order valence-electron chi connectivity index (χ2n) is 5.28. The Morgan fingerprint density at radius 2 is 2.05 bits per heavy atom. The molecule has 4 nitrogen and oxygen atoms in total. The van der Waals surface area contributed by atoms with Crippen molar-refractivity contribution in [3.63, 3.8) is 0 Å². The van der Waals surface area contributed by atoms with Gasteiger partial charge in [-0.05, 0) is 53.7 Å². The third kappa shape index (κ3) is 2.12. The molecule has 0 radical (unpaired) electrons. The van der Waals surface area contributed by atoms with Crippen LogP contribution in [0, 0.1) is 11.7 Å². The fourth-order valence-corrected chi connectivity index (χ4v) is 3.10. The molecular weight excluding hydrogens is 327 g/mol. The van der Waals surface area contributed by atoms with Crippen LogP contribution < -0.4 is 10.2 Å². The molecule has 1 saturated heterocycles. The van der Waals surface area contributed by atoms with Crippen molar-refractivity contribution < 1.29 is 14.0 Å². The molecule has 6 heteroatoms. The first-order chi connectivity index (χ1) is 9.50. The van der Waals surface area contributed by atoms with Crippen LogP contribution in [0.5, 0.6) is 0 Å². The molecule has 1 aromatic carbocycles. The number of benzene rings is 1. The highest BCUT2D eigenvalue weighted by Crippen LogP contribution is 2.38. The van der Waals surface area contributed by atoms with Gasteiger partial charge in [-0.25, -0.2) is 4.39 Å². The van der Waals surface area contributed by atoms with Crippen LogP contribution in [0.2, 0.25) is 0 Å². The summed E-state index contributed by atoms with van der Waals surface area (Å²) in [6.07, 6.45) is 1.86. The van der Waals surface area contributed by atoms with E-state index < -0.39 is 17.9 Å². The van der Waals surface area contributed by atoms with Crippen LogP contribution in [0.1, 0.15) is 19.8 Å². The van der Waals surface area contributed by atoms with Crippen LogP contribution in [-0.2, 0) is 9.59 Å². The van der Waals surface area contributed by atoms with Crippen molar-refractivity contribution in [2.24, 2.45) is 5.92 Å². The molecule has 2 fully saturated rings. The van der Waals surface area contributed by atoms with E-state index in [0.717, 1.165) is 12.8 Å². The van der Waals surface area contributed by atoms with Gasteiger partial charge in [-0.15, -0.1) is 0 Å². The number of nitrogens with zero attached hydrogens (tertiary/aromatic N) is 1. The summed E-state index contributed by atoms with van der Waals surface area (Å²) in [6.45, 7) is 1.61. The number of anilines is 1. The lowest BCUT2D eigenvalue weighted by atomic mass is 10.0. The fourth-order valence-electron chi connectivity index (χ4n) is 2.57. The van der Waals surface area contributed by atoms with E-state index in [4.69, 9.17) is 0 Å². The molecule has 2 amide bonds. The van der Waals surface area contributed by atoms with Gasteiger partial charge in [0.2, 0.25) is 5.91 Å². The Hall–Kier alpha value is -1.43. The quantitative estimate of drug-likeness (QED) is 0.897. The van der Waals surface area contributed by atoms with Crippen LogP contribution in [0.3, 0.4) is 0 Å². The Morgan fingerprint density at radius 3 is 2.65 bits per heavy atom. The topological polar surface area (TPSA) is 49.4 Å². The molecule has 1 aromatic rings. The molecule has 3 rings (SSSR count). The minimum Gasteiger partial charge on any atom is -0.342 e. The zero-order valence-electron chi connectivity index (χ0n) is 10.9. The van der Waals surface area contributed by atoms with Crippen molar-refractivity contribution in [3.05, 3.63) is 28.5 Å². The molecule has 1 heterocycles. The van der Waals surface area contributed by atoms with E-state index in [9.17, 15) is 14.0 Å². The number of carbonyl (C=O) groups excluding carboxylic acids is 2. The van der Waals surface area contributed by atoms with Gasteiger partial charge in [-0.1, -0.05) is 6.07 Å². The highest BCUT2D eigenvalue weighted by atomic mass is 79.9. The molecule has 0 spiro atoms. The summed E-state index contributed by atoms with van der Waals surface area (Å²) in [5.41, 5.74) is 0.144. The molecule has 1 N–H and O–H groups in total. The molecule has 0 aromatic heterocycles. The summed E-state index contributed by atoms with van der Waals surface area (Å²) in [4.78, 5) is 25.9. The van der Waals surface area contributed by atoms with Gasteiger partial charge < -0.3 is 5.32 Å².